The summed E-state index contributed by atoms with van der Waals surface area (Å²) in [6, 6.07) is 16.6. The minimum Gasteiger partial charge on any atom is -0.334 e. The molecule has 3 aromatic rings. The highest BCUT2D eigenvalue weighted by Crippen LogP contribution is 2.30. The lowest BCUT2D eigenvalue weighted by Crippen LogP contribution is -2.31. The number of benzene rings is 2. The predicted molar refractivity (Wildman–Crippen MR) is 110 cm³/mol. The van der Waals surface area contributed by atoms with Gasteiger partial charge in [0.1, 0.15) is 6.33 Å². The number of nitro groups is 1. The van der Waals surface area contributed by atoms with Gasteiger partial charge in [0.2, 0.25) is 17.5 Å². The van der Waals surface area contributed by atoms with E-state index >= 15 is 0 Å². The topological polar surface area (TPSA) is 122 Å². The summed E-state index contributed by atoms with van der Waals surface area (Å²) in [5, 5.41) is 14.5. The van der Waals surface area contributed by atoms with E-state index in [1.165, 1.54) is 6.33 Å². The third-order valence-electron chi connectivity index (χ3n) is 4.16. The Hall–Kier alpha value is -4.01. The van der Waals surface area contributed by atoms with Crippen LogP contribution in [0.4, 0.5) is 23.0 Å². The van der Waals surface area contributed by atoms with Gasteiger partial charge in [-0.15, -0.1) is 0 Å². The molecule has 0 bridgehead atoms. The first-order valence-corrected chi connectivity index (χ1v) is 9.01. The largest absolute Gasteiger partial charge is 0.355 e. The quantitative estimate of drug-likeness (QED) is 0.397. The second-order valence-electron chi connectivity index (χ2n) is 6.19. The van der Waals surface area contributed by atoms with Gasteiger partial charge in [0.05, 0.1) is 11.3 Å². The molecule has 0 aliphatic heterocycles. The van der Waals surface area contributed by atoms with Crippen LogP contribution < -0.4 is 16.2 Å². The maximum absolute atomic E-state index is 12.1. The van der Waals surface area contributed by atoms with Crippen LogP contribution in [0.2, 0.25) is 0 Å². The summed E-state index contributed by atoms with van der Waals surface area (Å²) in [5.41, 5.74) is 7.22. The van der Waals surface area contributed by atoms with E-state index in [2.05, 4.69) is 26.1 Å². The molecular formula is C20H20N6O3. The van der Waals surface area contributed by atoms with E-state index in [1.807, 2.05) is 61.5 Å². The first kappa shape index (κ1) is 19.7. The number of hydrogen-bond donors (Lipinski definition) is 3. The summed E-state index contributed by atoms with van der Waals surface area (Å²) in [7, 11) is 0. The zero-order chi connectivity index (χ0) is 20.6. The molecule has 0 unspecified atom stereocenters. The third kappa shape index (κ3) is 5.25. The summed E-state index contributed by atoms with van der Waals surface area (Å²) in [6.45, 7) is 2.04. The van der Waals surface area contributed by atoms with E-state index in [-0.39, 0.29) is 29.7 Å². The molecule has 0 fully saturated rings. The number of amides is 1. The van der Waals surface area contributed by atoms with Crippen molar-refractivity contribution in [2.75, 3.05) is 10.7 Å². The second kappa shape index (κ2) is 9.27. The van der Waals surface area contributed by atoms with E-state index in [0.29, 0.717) is 5.69 Å². The van der Waals surface area contributed by atoms with E-state index in [1.54, 1.807) is 0 Å². The van der Waals surface area contributed by atoms with Crippen molar-refractivity contribution in [1.82, 2.24) is 15.4 Å². The van der Waals surface area contributed by atoms with Crippen molar-refractivity contribution in [3.05, 3.63) is 82.2 Å². The Kier molecular flexibility index (Phi) is 6.31. The fraction of sp³-hybridized carbons (Fsp3) is 0.150. The normalized spacial score (nSPS) is 10.2. The van der Waals surface area contributed by atoms with Gasteiger partial charge in [-0.1, -0.05) is 49.4 Å². The van der Waals surface area contributed by atoms with Gasteiger partial charge in [0, 0.05) is 5.69 Å². The van der Waals surface area contributed by atoms with Crippen molar-refractivity contribution < 1.29 is 9.72 Å². The van der Waals surface area contributed by atoms with Crippen molar-refractivity contribution >= 4 is 28.9 Å². The average molecular weight is 392 g/mol. The first-order valence-electron chi connectivity index (χ1n) is 9.01. The van der Waals surface area contributed by atoms with Crippen molar-refractivity contribution in [2.24, 2.45) is 0 Å². The van der Waals surface area contributed by atoms with Crippen LogP contribution in [0.25, 0.3) is 0 Å². The fourth-order valence-electron chi connectivity index (χ4n) is 2.65. The van der Waals surface area contributed by atoms with Gasteiger partial charge in [0.15, 0.2) is 0 Å². The smallest absolute Gasteiger partial charge is 0.334 e. The lowest BCUT2D eigenvalue weighted by atomic mass is 10.1. The molecule has 2 aromatic carbocycles. The Labute approximate surface area is 167 Å². The SMILES string of the molecule is CCc1ccc(Nc2ncnc(NNC(=O)Cc3ccccc3)c2[N+](=O)[O-])cc1. The van der Waals surface area contributed by atoms with Gasteiger partial charge in [-0.2, -0.15) is 0 Å². The lowest BCUT2D eigenvalue weighted by Gasteiger charge is -2.11. The number of aryl methyl sites for hydroxylation is 1. The molecule has 9 nitrogen and oxygen atoms in total. The molecule has 0 aliphatic carbocycles. The highest BCUT2D eigenvalue weighted by Gasteiger charge is 2.23. The number of hydrazine groups is 1. The molecule has 0 spiro atoms. The van der Waals surface area contributed by atoms with Gasteiger partial charge < -0.3 is 5.32 Å². The third-order valence-corrected chi connectivity index (χ3v) is 4.16. The zero-order valence-electron chi connectivity index (χ0n) is 15.8. The molecule has 0 saturated carbocycles. The van der Waals surface area contributed by atoms with E-state index in [0.717, 1.165) is 17.5 Å². The van der Waals surface area contributed by atoms with Crippen LogP contribution in [0.1, 0.15) is 18.1 Å². The number of rotatable bonds is 8. The first-order chi connectivity index (χ1) is 14.1. The van der Waals surface area contributed by atoms with Crippen molar-refractivity contribution in [3.63, 3.8) is 0 Å². The maximum atomic E-state index is 12.1. The Bertz CT molecular complexity index is 993. The number of hydrogen-bond acceptors (Lipinski definition) is 7. The minimum absolute atomic E-state index is 0.0223. The zero-order valence-corrected chi connectivity index (χ0v) is 15.8. The van der Waals surface area contributed by atoms with Crippen LogP contribution in [0.15, 0.2) is 60.9 Å². The standard InChI is InChI=1S/C20H20N6O3/c1-2-14-8-10-16(11-9-14)23-19-18(26(28)29)20(22-13-21-19)25-24-17(27)12-15-6-4-3-5-7-15/h3-11,13H,2,12H2,1H3,(H,24,27)(H2,21,22,23,25). The van der Waals surface area contributed by atoms with Crippen LogP contribution in [0.3, 0.4) is 0 Å². The molecule has 0 radical (unpaired) electrons. The number of anilines is 3. The van der Waals surface area contributed by atoms with Crippen molar-refractivity contribution in [2.45, 2.75) is 19.8 Å². The fourth-order valence-corrected chi connectivity index (χ4v) is 2.65. The summed E-state index contributed by atoms with van der Waals surface area (Å²) in [6.07, 6.45) is 2.20. The van der Waals surface area contributed by atoms with E-state index in [9.17, 15) is 14.9 Å². The highest BCUT2D eigenvalue weighted by molar-refractivity contribution is 5.81. The Morgan fingerprint density at radius 3 is 2.34 bits per heavy atom. The molecule has 9 heteroatoms. The predicted octanol–water partition coefficient (Wildman–Crippen LogP) is 3.38. The average Bonchev–Trinajstić information content (AvgIpc) is 2.73. The number of carbonyl (C=O) groups is 1. The van der Waals surface area contributed by atoms with E-state index in [4.69, 9.17) is 0 Å². The number of nitrogens with zero attached hydrogens (tertiary/aromatic N) is 3. The Morgan fingerprint density at radius 2 is 1.69 bits per heavy atom. The molecule has 3 rings (SSSR count). The summed E-state index contributed by atoms with van der Waals surface area (Å²) >= 11 is 0. The van der Waals surface area contributed by atoms with Gasteiger partial charge in [-0.25, -0.2) is 9.97 Å². The Morgan fingerprint density at radius 1 is 1.00 bits per heavy atom. The van der Waals surface area contributed by atoms with Crippen molar-refractivity contribution in [1.29, 1.82) is 0 Å². The van der Waals surface area contributed by atoms with Crippen molar-refractivity contribution in [3.8, 4) is 0 Å². The number of aromatic nitrogens is 2. The van der Waals surface area contributed by atoms with Gasteiger partial charge in [-0.05, 0) is 29.7 Å². The number of nitrogens with one attached hydrogen (secondary N) is 3. The lowest BCUT2D eigenvalue weighted by molar-refractivity contribution is -0.383. The molecule has 29 heavy (non-hydrogen) atoms. The second-order valence-corrected chi connectivity index (χ2v) is 6.19. The minimum atomic E-state index is -0.603. The molecule has 1 amide bonds. The monoisotopic (exact) mass is 392 g/mol. The summed E-state index contributed by atoms with van der Waals surface area (Å²) in [4.78, 5) is 31.0. The van der Waals surface area contributed by atoms with Crippen LogP contribution in [-0.4, -0.2) is 20.8 Å². The van der Waals surface area contributed by atoms with Crippen LogP contribution in [-0.2, 0) is 17.6 Å². The summed E-state index contributed by atoms with van der Waals surface area (Å²) in [5.74, 6) is -0.443. The molecule has 1 heterocycles. The van der Waals surface area contributed by atoms with Crippen LogP contribution in [0.5, 0.6) is 0 Å². The molecule has 0 saturated heterocycles. The maximum Gasteiger partial charge on any atom is 0.355 e. The molecule has 1 aromatic heterocycles. The molecule has 0 aliphatic rings. The Balaban J connectivity index is 1.73. The highest BCUT2D eigenvalue weighted by atomic mass is 16.6. The van der Waals surface area contributed by atoms with Crippen LogP contribution in [0, 0.1) is 10.1 Å². The van der Waals surface area contributed by atoms with Crippen LogP contribution >= 0.6 is 0 Å². The van der Waals surface area contributed by atoms with Gasteiger partial charge in [0.25, 0.3) is 0 Å². The number of carbonyl (C=O) groups excluding carboxylic acids is 1. The van der Waals surface area contributed by atoms with Gasteiger partial charge >= 0.3 is 5.69 Å². The summed E-state index contributed by atoms with van der Waals surface area (Å²) < 4.78 is 0. The van der Waals surface area contributed by atoms with Gasteiger partial charge in [-0.3, -0.25) is 25.8 Å². The van der Waals surface area contributed by atoms with E-state index < -0.39 is 4.92 Å². The molecular weight excluding hydrogens is 372 g/mol. The molecule has 0 atom stereocenters. The molecule has 3 N–H and O–H groups in total. The molecule has 148 valence electrons.